The van der Waals surface area contributed by atoms with E-state index < -0.39 is 0 Å². The van der Waals surface area contributed by atoms with Gasteiger partial charge in [0.25, 0.3) is 0 Å². The van der Waals surface area contributed by atoms with Gasteiger partial charge in [-0.05, 0) is 38.5 Å². The first-order chi connectivity index (χ1) is 13.5. The highest BCUT2D eigenvalue weighted by atomic mass is 127. The molecular formula is C20H41IN4O4. The van der Waals surface area contributed by atoms with Crippen LogP contribution in [0.25, 0.3) is 0 Å². The fraction of sp³-hybridized carbons (Fsp3) is 0.900. The number of amides is 1. The second-order valence-corrected chi connectivity index (χ2v) is 7.52. The van der Waals surface area contributed by atoms with Crippen molar-refractivity contribution in [3.8, 4) is 0 Å². The highest BCUT2D eigenvalue weighted by Crippen LogP contribution is 2.14. The molecule has 1 unspecified atom stereocenters. The van der Waals surface area contributed by atoms with Crippen LogP contribution in [-0.4, -0.2) is 82.7 Å². The fourth-order valence-corrected chi connectivity index (χ4v) is 3.34. The number of methoxy groups -OCH3 is 1. The highest BCUT2D eigenvalue weighted by molar-refractivity contribution is 14.0. The molecule has 0 aromatic rings. The van der Waals surface area contributed by atoms with Crippen molar-refractivity contribution >= 4 is 36.0 Å². The van der Waals surface area contributed by atoms with Crippen LogP contribution in [0.2, 0.25) is 0 Å². The van der Waals surface area contributed by atoms with Crippen LogP contribution in [0.4, 0.5) is 4.79 Å². The molecule has 172 valence electrons. The Labute approximate surface area is 193 Å². The van der Waals surface area contributed by atoms with Crippen LogP contribution in [0.15, 0.2) is 4.99 Å². The Balaban J connectivity index is 0.00000784. The van der Waals surface area contributed by atoms with E-state index in [1.165, 1.54) is 0 Å². The second-order valence-electron chi connectivity index (χ2n) is 7.52. The first-order valence-electron chi connectivity index (χ1n) is 10.5. The maximum atomic E-state index is 11.8. The summed E-state index contributed by atoms with van der Waals surface area (Å²) in [7, 11) is 3.51. The van der Waals surface area contributed by atoms with Crippen LogP contribution in [0.1, 0.15) is 46.5 Å². The van der Waals surface area contributed by atoms with E-state index >= 15 is 0 Å². The lowest BCUT2D eigenvalue weighted by molar-refractivity contribution is 0.00988. The van der Waals surface area contributed by atoms with Crippen LogP contribution < -0.4 is 10.6 Å². The fourth-order valence-electron chi connectivity index (χ4n) is 3.34. The molecule has 1 aliphatic rings. The van der Waals surface area contributed by atoms with Crippen molar-refractivity contribution in [3.05, 3.63) is 0 Å². The summed E-state index contributed by atoms with van der Waals surface area (Å²) in [6.07, 6.45) is 3.74. The molecule has 1 saturated heterocycles. The van der Waals surface area contributed by atoms with Gasteiger partial charge in [-0.2, -0.15) is 0 Å². The van der Waals surface area contributed by atoms with Gasteiger partial charge >= 0.3 is 6.09 Å². The molecule has 9 heteroatoms. The maximum absolute atomic E-state index is 11.8. The number of hydrogen-bond acceptors (Lipinski definition) is 5. The zero-order valence-corrected chi connectivity index (χ0v) is 21.1. The van der Waals surface area contributed by atoms with Gasteiger partial charge in [0.1, 0.15) is 0 Å². The third-order valence-electron chi connectivity index (χ3n) is 4.66. The topological polar surface area (TPSA) is 84.4 Å². The Hall–Kier alpha value is -0.810. The number of likely N-dealkylation sites (tertiary alicyclic amines) is 1. The molecule has 0 radical (unpaired) electrons. The molecule has 1 amide bonds. The molecule has 0 spiro atoms. The summed E-state index contributed by atoms with van der Waals surface area (Å²) >= 11 is 0. The Morgan fingerprint density at radius 1 is 1.24 bits per heavy atom. The molecule has 0 aromatic carbocycles. The molecule has 29 heavy (non-hydrogen) atoms. The van der Waals surface area contributed by atoms with Crippen LogP contribution >= 0.6 is 24.0 Å². The van der Waals surface area contributed by atoms with Crippen molar-refractivity contribution in [2.75, 3.05) is 53.6 Å². The third kappa shape index (κ3) is 12.5. The van der Waals surface area contributed by atoms with Gasteiger partial charge in [-0.15, -0.1) is 24.0 Å². The minimum absolute atomic E-state index is 0. The van der Waals surface area contributed by atoms with Gasteiger partial charge in [-0.25, -0.2) is 4.79 Å². The lowest BCUT2D eigenvalue weighted by atomic mass is 10.0. The molecule has 1 heterocycles. The smallest absolute Gasteiger partial charge is 0.407 e. The summed E-state index contributed by atoms with van der Waals surface area (Å²) < 4.78 is 16.0. The molecule has 1 aliphatic heterocycles. The summed E-state index contributed by atoms with van der Waals surface area (Å²) in [5, 5.41) is 6.36. The SMILES string of the molecule is CCOC(=O)NC(CNC(=NC)N1CCC(OCCCOC)CC1)CC(C)C.I. The summed E-state index contributed by atoms with van der Waals surface area (Å²) in [6, 6.07) is -0.00235. The first kappa shape index (κ1) is 28.2. The maximum Gasteiger partial charge on any atom is 0.407 e. The van der Waals surface area contributed by atoms with Crippen LogP contribution in [-0.2, 0) is 14.2 Å². The van der Waals surface area contributed by atoms with E-state index in [1.54, 1.807) is 14.2 Å². The number of guanidine groups is 1. The molecule has 0 aromatic heterocycles. The largest absolute Gasteiger partial charge is 0.450 e. The van der Waals surface area contributed by atoms with Crippen molar-refractivity contribution < 1.29 is 19.0 Å². The number of nitrogens with one attached hydrogen (secondary N) is 2. The lowest BCUT2D eigenvalue weighted by Crippen LogP contribution is -2.51. The molecule has 0 bridgehead atoms. The predicted molar refractivity (Wildman–Crippen MR) is 127 cm³/mol. The monoisotopic (exact) mass is 528 g/mol. The van der Waals surface area contributed by atoms with Crippen LogP contribution in [0, 0.1) is 5.92 Å². The Kier molecular flexibility index (Phi) is 16.5. The van der Waals surface area contributed by atoms with Gasteiger partial charge in [0, 0.05) is 53.0 Å². The van der Waals surface area contributed by atoms with Gasteiger partial charge < -0.3 is 29.7 Å². The van der Waals surface area contributed by atoms with Crippen LogP contribution in [0.3, 0.4) is 0 Å². The van der Waals surface area contributed by atoms with Crippen molar-refractivity contribution in [2.45, 2.75) is 58.6 Å². The summed E-state index contributed by atoms with van der Waals surface area (Å²) in [6.45, 7) is 10.4. The standard InChI is InChI=1S/C20H40N4O4.HI/c1-6-27-20(25)23-17(14-16(2)3)15-22-19(21-4)24-10-8-18(9-11-24)28-13-7-12-26-5;/h16-18H,6-15H2,1-5H3,(H,21,22)(H,23,25);1H. The lowest BCUT2D eigenvalue weighted by Gasteiger charge is -2.34. The zero-order chi connectivity index (χ0) is 20.8. The quantitative estimate of drug-likeness (QED) is 0.186. The Morgan fingerprint density at radius 3 is 2.48 bits per heavy atom. The van der Waals surface area contributed by atoms with Gasteiger partial charge in [0.05, 0.1) is 12.7 Å². The van der Waals surface area contributed by atoms with E-state index in [9.17, 15) is 4.79 Å². The minimum atomic E-state index is -0.364. The van der Waals surface area contributed by atoms with E-state index in [0.717, 1.165) is 57.9 Å². The van der Waals surface area contributed by atoms with E-state index in [4.69, 9.17) is 14.2 Å². The normalized spacial score (nSPS) is 16.3. The molecule has 0 saturated carbocycles. The molecular weight excluding hydrogens is 487 g/mol. The predicted octanol–water partition coefficient (Wildman–Crippen LogP) is 2.86. The summed E-state index contributed by atoms with van der Waals surface area (Å²) in [4.78, 5) is 18.5. The molecule has 1 fully saturated rings. The molecule has 1 rings (SSSR count). The number of carbonyl (C=O) groups is 1. The second kappa shape index (κ2) is 16.9. The van der Waals surface area contributed by atoms with Gasteiger partial charge in [0.2, 0.25) is 0 Å². The van der Waals surface area contributed by atoms with Crippen molar-refractivity contribution in [1.29, 1.82) is 0 Å². The van der Waals surface area contributed by atoms with Crippen molar-refractivity contribution in [3.63, 3.8) is 0 Å². The van der Waals surface area contributed by atoms with Crippen molar-refractivity contribution in [1.82, 2.24) is 15.5 Å². The molecule has 2 N–H and O–H groups in total. The van der Waals surface area contributed by atoms with Gasteiger partial charge in [0.15, 0.2) is 5.96 Å². The number of hydrogen-bond donors (Lipinski definition) is 2. The Bertz CT molecular complexity index is 458. The van der Waals surface area contributed by atoms with E-state index in [-0.39, 0.29) is 36.1 Å². The van der Waals surface area contributed by atoms with E-state index in [1.807, 2.05) is 6.92 Å². The number of nitrogens with zero attached hydrogens (tertiary/aromatic N) is 2. The summed E-state index contributed by atoms with van der Waals surface area (Å²) in [5.74, 6) is 1.35. The third-order valence-corrected chi connectivity index (χ3v) is 4.66. The number of alkyl carbamates (subject to hydrolysis) is 1. The highest BCUT2D eigenvalue weighted by Gasteiger charge is 2.23. The number of carbonyl (C=O) groups excluding carboxylic acids is 1. The zero-order valence-electron chi connectivity index (χ0n) is 18.7. The first-order valence-corrected chi connectivity index (χ1v) is 10.5. The van der Waals surface area contributed by atoms with Crippen LogP contribution in [0.5, 0.6) is 0 Å². The number of piperidine rings is 1. The average molecular weight is 528 g/mol. The average Bonchev–Trinajstić information content (AvgIpc) is 2.66. The van der Waals surface area contributed by atoms with Crippen molar-refractivity contribution in [2.24, 2.45) is 10.9 Å². The number of ether oxygens (including phenoxy) is 3. The van der Waals surface area contributed by atoms with E-state index in [0.29, 0.717) is 25.2 Å². The minimum Gasteiger partial charge on any atom is -0.450 e. The number of halogens is 1. The number of aliphatic imine (C=N–C) groups is 1. The van der Waals surface area contributed by atoms with E-state index in [2.05, 4.69) is 34.4 Å². The van der Waals surface area contributed by atoms with Gasteiger partial charge in [-0.3, -0.25) is 4.99 Å². The molecule has 1 atom stereocenters. The molecule has 8 nitrogen and oxygen atoms in total. The Morgan fingerprint density at radius 2 is 1.93 bits per heavy atom. The van der Waals surface area contributed by atoms with Gasteiger partial charge in [-0.1, -0.05) is 13.8 Å². The molecule has 0 aliphatic carbocycles. The number of rotatable bonds is 11. The summed E-state index contributed by atoms with van der Waals surface area (Å²) in [5.41, 5.74) is 0.